The molecule has 1 amide bonds. The molecule has 2 aliphatic rings. The zero-order chi connectivity index (χ0) is 12.8. The number of amides is 1. The van der Waals surface area contributed by atoms with Gasteiger partial charge in [-0.3, -0.25) is 4.79 Å². The van der Waals surface area contributed by atoms with E-state index in [0.717, 1.165) is 16.1 Å². The lowest BCUT2D eigenvalue weighted by Gasteiger charge is -2.41. The van der Waals surface area contributed by atoms with Crippen LogP contribution in [0.1, 0.15) is 12.5 Å². The molecular formula is C13H16N2O2S. The van der Waals surface area contributed by atoms with Crippen LogP contribution in [0.5, 0.6) is 0 Å². The van der Waals surface area contributed by atoms with Crippen molar-refractivity contribution in [2.45, 2.75) is 22.5 Å². The minimum Gasteiger partial charge on any atom is -0.379 e. The summed E-state index contributed by atoms with van der Waals surface area (Å²) in [5.74, 6) is 0.0660. The van der Waals surface area contributed by atoms with Crippen molar-refractivity contribution < 1.29 is 9.53 Å². The fourth-order valence-corrected chi connectivity index (χ4v) is 3.22. The molecule has 0 spiro atoms. The Morgan fingerprint density at radius 2 is 2.33 bits per heavy atom. The molecule has 2 heterocycles. The number of hydrogen-bond donors (Lipinski definition) is 2. The van der Waals surface area contributed by atoms with Gasteiger partial charge in [-0.1, -0.05) is 6.07 Å². The molecule has 0 aromatic heterocycles. The van der Waals surface area contributed by atoms with Gasteiger partial charge in [-0.15, -0.1) is 11.8 Å². The van der Waals surface area contributed by atoms with Crippen molar-refractivity contribution in [1.29, 1.82) is 0 Å². The van der Waals surface area contributed by atoms with Gasteiger partial charge in [-0.05, 0) is 24.6 Å². The number of nitrogens with two attached hydrogens (primary N) is 1. The molecule has 4 nitrogen and oxygen atoms in total. The molecule has 96 valence electrons. The van der Waals surface area contributed by atoms with Crippen LogP contribution >= 0.6 is 11.8 Å². The molecule has 3 N–H and O–H groups in total. The standard InChI is InChI=1S/C13H16N2O2S/c1-8-12(16)15-10-4-9(2-3-11(10)18-8)13(5-14)6-17-7-13/h2-4,8H,5-7,14H2,1H3,(H,15,16). The Balaban J connectivity index is 1.96. The molecule has 3 rings (SSSR count). The Morgan fingerprint density at radius 3 is 2.94 bits per heavy atom. The molecule has 1 unspecified atom stereocenters. The first-order chi connectivity index (χ1) is 8.64. The van der Waals surface area contributed by atoms with Crippen molar-refractivity contribution in [3.05, 3.63) is 23.8 Å². The van der Waals surface area contributed by atoms with Gasteiger partial charge in [0, 0.05) is 11.4 Å². The highest BCUT2D eigenvalue weighted by Crippen LogP contribution is 2.39. The number of carbonyl (C=O) groups is 1. The summed E-state index contributed by atoms with van der Waals surface area (Å²) < 4.78 is 5.29. The number of anilines is 1. The van der Waals surface area contributed by atoms with E-state index >= 15 is 0 Å². The van der Waals surface area contributed by atoms with E-state index in [4.69, 9.17) is 10.5 Å². The Morgan fingerprint density at radius 1 is 1.56 bits per heavy atom. The van der Waals surface area contributed by atoms with Gasteiger partial charge in [0.05, 0.1) is 29.6 Å². The Bertz CT molecular complexity index is 494. The van der Waals surface area contributed by atoms with Crippen LogP contribution in [0.3, 0.4) is 0 Å². The maximum absolute atomic E-state index is 11.7. The molecule has 1 aromatic rings. The summed E-state index contributed by atoms with van der Waals surface area (Å²) >= 11 is 1.60. The highest BCUT2D eigenvalue weighted by atomic mass is 32.2. The molecule has 0 saturated carbocycles. The molecule has 1 fully saturated rings. The Labute approximate surface area is 110 Å². The minimum absolute atomic E-state index is 0.0288. The lowest BCUT2D eigenvalue weighted by Crippen LogP contribution is -2.52. The van der Waals surface area contributed by atoms with E-state index < -0.39 is 0 Å². The predicted molar refractivity (Wildman–Crippen MR) is 71.9 cm³/mol. The molecular weight excluding hydrogens is 248 g/mol. The van der Waals surface area contributed by atoms with Crippen LogP contribution in [0.15, 0.2) is 23.1 Å². The Hall–Kier alpha value is -1.04. The molecule has 0 aliphatic carbocycles. The van der Waals surface area contributed by atoms with Gasteiger partial charge in [0.25, 0.3) is 0 Å². The third-order valence-corrected chi connectivity index (χ3v) is 4.85. The summed E-state index contributed by atoms with van der Waals surface area (Å²) in [5, 5.41) is 2.92. The van der Waals surface area contributed by atoms with Crippen molar-refractivity contribution in [2.75, 3.05) is 25.1 Å². The molecule has 0 bridgehead atoms. The van der Waals surface area contributed by atoms with Crippen molar-refractivity contribution in [3.63, 3.8) is 0 Å². The van der Waals surface area contributed by atoms with Gasteiger partial charge in [0.15, 0.2) is 0 Å². The largest absolute Gasteiger partial charge is 0.379 e. The monoisotopic (exact) mass is 264 g/mol. The second-order valence-corrected chi connectivity index (χ2v) is 6.32. The summed E-state index contributed by atoms with van der Waals surface area (Å²) in [7, 11) is 0. The van der Waals surface area contributed by atoms with Crippen LogP contribution in [0.4, 0.5) is 5.69 Å². The van der Waals surface area contributed by atoms with E-state index in [1.807, 2.05) is 13.0 Å². The third-order valence-electron chi connectivity index (χ3n) is 3.67. The maximum atomic E-state index is 11.7. The molecule has 0 radical (unpaired) electrons. The van der Waals surface area contributed by atoms with Crippen LogP contribution in [0.25, 0.3) is 0 Å². The van der Waals surface area contributed by atoms with Crippen LogP contribution in [0, 0.1) is 0 Å². The van der Waals surface area contributed by atoms with Gasteiger partial charge in [-0.25, -0.2) is 0 Å². The first-order valence-electron chi connectivity index (χ1n) is 6.04. The molecule has 1 aromatic carbocycles. The first kappa shape index (κ1) is 12.0. The van der Waals surface area contributed by atoms with Gasteiger partial charge >= 0.3 is 0 Å². The van der Waals surface area contributed by atoms with Crippen LogP contribution in [-0.2, 0) is 14.9 Å². The van der Waals surface area contributed by atoms with E-state index in [1.54, 1.807) is 11.8 Å². The maximum Gasteiger partial charge on any atom is 0.237 e. The zero-order valence-electron chi connectivity index (χ0n) is 10.2. The molecule has 2 aliphatic heterocycles. The second-order valence-electron chi connectivity index (χ2n) is 4.94. The summed E-state index contributed by atoms with van der Waals surface area (Å²) in [5.41, 5.74) is 7.85. The van der Waals surface area contributed by atoms with Gasteiger partial charge in [-0.2, -0.15) is 0 Å². The molecule has 18 heavy (non-hydrogen) atoms. The molecule has 1 atom stereocenters. The summed E-state index contributed by atoms with van der Waals surface area (Å²) in [4.78, 5) is 12.8. The summed E-state index contributed by atoms with van der Waals surface area (Å²) in [6.45, 7) is 3.82. The summed E-state index contributed by atoms with van der Waals surface area (Å²) in [6.07, 6.45) is 0. The van der Waals surface area contributed by atoms with Crippen molar-refractivity contribution >= 4 is 23.4 Å². The van der Waals surface area contributed by atoms with Gasteiger partial charge in [0.2, 0.25) is 5.91 Å². The quantitative estimate of drug-likeness (QED) is 0.846. The van der Waals surface area contributed by atoms with Crippen LogP contribution in [0.2, 0.25) is 0 Å². The lowest BCUT2D eigenvalue weighted by molar-refractivity contribution is -0.115. The van der Waals surface area contributed by atoms with E-state index in [0.29, 0.717) is 19.8 Å². The number of benzene rings is 1. The van der Waals surface area contributed by atoms with Crippen LogP contribution in [-0.4, -0.2) is 30.9 Å². The second kappa shape index (κ2) is 4.26. The minimum atomic E-state index is -0.0620. The SMILES string of the molecule is CC1Sc2ccc(C3(CN)COC3)cc2NC1=O. The van der Waals surface area contributed by atoms with Crippen molar-refractivity contribution in [1.82, 2.24) is 0 Å². The van der Waals surface area contributed by atoms with Gasteiger partial charge in [0.1, 0.15) is 0 Å². The lowest BCUT2D eigenvalue weighted by atomic mass is 9.78. The van der Waals surface area contributed by atoms with E-state index in [2.05, 4.69) is 17.4 Å². The normalized spacial score (nSPS) is 25.0. The third kappa shape index (κ3) is 1.74. The smallest absolute Gasteiger partial charge is 0.237 e. The van der Waals surface area contributed by atoms with Crippen molar-refractivity contribution in [3.8, 4) is 0 Å². The fourth-order valence-electron chi connectivity index (χ4n) is 2.29. The number of ether oxygens (including phenoxy) is 1. The van der Waals surface area contributed by atoms with E-state index in [1.165, 1.54) is 0 Å². The average molecular weight is 264 g/mol. The van der Waals surface area contributed by atoms with Gasteiger partial charge < -0.3 is 15.8 Å². The Kier molecular flexibility index (Phi) is 2.84. The summed E-state index contributed by atoms with van der Waals surface area (Å²) in [6, 6.07) is 6.22. The van der Waals surface area contributed by atoms with Crippen LogP contribution < -0.4 is 11.1 Å². The predicted octanol–water partition coefficient (Wildman–Crippen LogP) is 1.35. The highest BCUT2D eigenvalue weighted by molar-refractivity contribution is 8.00. The fraction of sp³-hybridized carbons (Fsp3) is 0.462. The molecule has 5 heteroatoms. The topological polar surface area (TPSA) is 64.3 Å². The number of fused-ring (bicyclic) bond motifs is 1. The highest BCUT2D eigenvalue weighted by Gasteiger charge is 2.39. The van der Waals surface area contributed by atoms with E-state index in [9.17, 15) is 4.79 Å². The van der Waals surface area contributed by atoms with Crippen molar-refractivity contribution in [2.24, 2.45) is 5.73 Å². The average Bonchev–Trinajstić information content (AvgIpc) is 2.30. The number of carbonyl (C=O) groups excluding carboxylic acids is 1. The zero-order valence-corrected chi connectivity index (χ0v) is 11.0. The number of nitrogens with one attached hydrogen (secondary N) is 1. The van der Waals surface area contributed by atoms with E-state index in [-0.39, 0.29) is 16.6 Å². The number of rotatable bonds is 2. The first-order valence-corrected chi connectivity index (χ1v) is 6.92. The number of thioether (sulfide) groups is 1. The molecule has 1 saturated heterocycles. The number of hydrogen-bond acceptors (Lipinski definition) is 4.